The topological polar surface area (TPSA) is 30.5 Å². The molecule has 0 spiro atoms. The Morgan fingerprint density at radius 1 is 0.581 bits per heavy atom. The van der Waals surface area contributed by atoms with E-state index in [1.165, 1.54) is 20.7 Å². The van der Waals surface area contributed by atoms with Crippen LogP contribution in [0.1, 0.15) is 54.4 Å². The van der Waals surface area contributed by atoms with Gasteiger partial charge in [0, 0.05) is 12.1 Å². The maximum atomic E-state index is 7.57. The molecule has 1 fully saturated rings. The van der Waals surface area contributed by atoms with Gasteiger partial charge in [-0.25, -0.2) is 0 Å². The summed E-state index contributed by atoms with van der Waals surface area (Å²) in [6.45, 7) is 15.7. The van der Waals surface area contributed by atoms with Crippen LogP contribution >= 0.6 is 0 Å². The van der Waals surface area contributed by atoms with Crippen molar-refractivity contribution in [2.24, 2.45) is 0 Å². The second-order valence-electron chi connectivity index (χ2n) is 14.1. The highest BCUT2D eigenvalue weighted by Gasteiger charge is 2.53. The molecule has 1 saturated heterocycles. The van der Waals surface area contributed by atoms with E-state index in [1.807, 2.05) is 0 Å². The smallest absolute Gasteiger partial charge is 0.261 e. The fourth-order valence-electron chi connectivity index (χ4n) is 7.13. The van der Waals surface area contributed by atoms with Crippen molar-refractivity contribution in [1.29, 1.82) is 0 Å². The molecule has 0 saturated carbocycles. The van der Waals surface area contributed by atoms with Gasteiger partial charge in [-0.1, -0.05) is 163 Å². The van der Waals surface area contributed by atoms with Gasteiger partial charge in [0.1, 0.15) is 0 Å². The molecule has 4 aromatic rings. The second kappa shape index (κ2) is 13.0. The molecule has 0 radical (unpaired) electrons. The second-order valence-corrected chi connectivity index (χ2v) is 22.6. The lowest BCUT2D eigenvalue weighted by Gasteiger charge is -2.47. The summed E-state index contributed by atoms with van der Waals surface area (Å²) in [6, 6.07) is 44.2. The van der Waals surface area contributed by atoms with Gasteiger partial charge in [-0.05, 0) is 50.2 Å². The number of piperidine rings is 1. The Hall–Kier alpha value is -2.81. The Morgan fingerprint density at radius 2 is 0.953 bits per heavy atom. The Bertz CT molecular complexity index is 1340. The fourth-order valence-corrected chi connectivity index (χ4v) is 16.5. The minimum atomic E-state index is -2.62. The summed E-state index contributed by atoms with van der Waals surface area (Å²) in [7, 11) is -5.23. The molecule has 0 bridgehead atoms. The maximum absolute atomic E-state index is 7.57. The van der Waals surface area contributed by atoms with Crippen LogP contribution in [-0.4, -0.2) is 41.9 Å². The summed E-state index contributed by atoms with van der Waals surface area (Å²) in [5.74, 6) is 0. The van der Waals surface area contributed by atoms with Crippen molar-refractivity contribution in [3.05, 3.63) is 121 Å². The molecule has 0 aliphatic carbocycles. The van der Waals surface area contributed by atoms with Crippen molar-refractivity contribution in [2.45, 2.75) is 76.6 Å². The van der Waals surface area contributed by atoms with Gasteiger partial charge in [0.15, 0.2) is 0 Å². The summed E-state index contributed by atoms with van der Waals surface area (Å²) in [5, 5.41) is 9.05. The van der Waals surface area contributed by atoms with Gasteiger partial charge in [-0.15, -0.1) is 0 Å². The zero-order valence-electron chi connectivity index (χ0n) is 26.8. The number of hydrogen-bond acceptors (Lipinski definition) is 3. The van der Waals surface area contributed by atoms with Crippen LogP contribution in [0.25, 0.3) is 0 Å². The van der Waals surface area contributed by atoms with Crippen LogP contribution in [0.5, 0.6) is 0 Å². The first-order valence-corrected chi connectivity index (χ1v) is 19.7. The van der Waals surface area contributed by atoms with Crippen LogP contribution in [0, 0.1) is 0 Å². The average molecular weight is 608 g/mol. The third-order valence-corrected chi connectivity index (χ3v) is 19.2. The number of nitrogens with one attached hydrogen (secondary N) is 1. The Morgan fingerprint density at radius 3 is 1.33 bits per heavy atom. The molecular weight excluding hydrogens is 559 g/mol. The predicted octanol–water partition coefficient (Wildman–Crippen LogP) is 6.26. The van der Waals surface area contributed by atoms with E-state index in [2.05, 4.69) is 168 Å². The zero-order chi connectivity index (χ0) is 30.6. The van der Waals surface area contributed by atoms with Gasteiger partial charge in [0.25, 0.3) is 16.6 Å². The van der Waals surface area contributed by atoms with Crippen LogP contribution in [-0.2, 0) is 8.85 Å². The minimum absolute atomic E-state index is 0.0402. The van der Waals surface area contributed by atoms with E-state index < -0.39 is 16.6 Å². The molecule has 43 heavy (non-hydrogen) atoms. The van der Waals surface area contributed by atoms with Crippen molar-refractivity contribution >= 4 is 37.4 Å². The Kier molecular flexibility index (Phi) is 9.59. The lowest BCUT2D eigenvalue weighted by molar-refractivity contribution is 0.109. The first-order valence-electron chi connectivity index (χ1n) is 15.9. The summed E-state index contributed by atoms with van der Waals surface area (Å²) in [6.07, 6.45) is 2.09. The minimum Gasteiger partial charge on any atom is -0.406 e. The predicted molar refractivity (Wildman–Crippen MR) is 187 cm³/mol. The summed E-state index contributed by atoms with van der Waals surface area (Å²) < 4.78 is 14.9. The van der Waals surface area contributed by atoms with Crippen molar-refractivity contribution < 1.29 is 8.85 Å². The molecule has 2 unspecified atom stereocenters. The van der Waals surface area contributed by atoms with Crippen molar-refractivity contribution in [1.82, 2.24) is 5.32 Å². The highest BCUT2D eigenvalue weighted by molar-refractivity contribution is 7.00. The molecule has 5 rings (SSSR count). The van der Waals surface area contributed by atoms with Gasteiger partial charge in [0.05, 0.1) is 6.61 Å². The summed E-state index contributed by atoms with van der Waals surface area (Å²) >= 11 is 0. The third kappa shape index (κ3) is 6.38. The molecule has 2 atom stereocenters. The third-order valence-electron chi connectivity index (χ3n) is 9.12. The molecule has 0 amide bonds. The molecule has 3 nitrogen and oxygen atoms in total. The average Bonchev–Trinajstić information content (AvgIpc) is 3.01. The number of hydrogen-bond donors (Lipinski definition) is 1. The highest BCUT2D eigenvalue weighted by Crippen LogP contribution is 2.39. The quantitative estimate of drug-likeness (QED) is 0.228. The van der Waals surface area contributed by atoms with Gasteiger partial charge in [-0.2, -0.15) is 0 Å². The fraction of sp³-hybridized carbons (Fsp3) is 0.368. The molecule has 4 aromatic carbocycles. The van der Waals surface area contributed by atoms with Crippen molar-refractivity contribution in [3.63, 3.8) is 0 Å². The standard InChI is InChI=1S/C38H49NO2Si2/c1-37(2,3)42(33-19-11-7-12-20-33,34-21-13-8-14-22-34)40-30-31-29-32(27-28-39-31)41-43(38(4,5)6,35-23-15-9-16-24-35)36-25-17-10-18-26-36/h7-26,31-32,39H,27-30H2,1-6H3. The van der Waals surface area contributed by atoms with Crippen LogP contribution in [0.2, 0.25) is 10.1 Å². The van der Waals surface area contributed by atoms with E-state index >= 15 is 0 Å². The van der Waals surface area contributed by atoms with Crippen molar-refractivity contribution in [3.8, 4) is 0 Å². The van der Waals surface area contributed by atoms with E-state index in [0.29, 0.717) is 6.61 Å². The summed E-state index contributed by atoms with van der Waals surface area (Å²) in [4.78, 5) is 0. The Labute approximate surface area is 261 Å². The zero-order valence-corrected chi connectivity index (χ0v) is 28.8. The first-order chi connectivity index (χ1) is 20.6. The van der Waals surface area contributed by atoms with Crippen LogP contribution < -0.4 is 26.1 Å². The van der Waals surface area contributed by atoms with E-state index in [-0.39, 0.29) is 22.2 Å². The van der Waals surface area contributed by atoms with Gasteiger partial charge in [0.2, 0.25) is 0 Å². The molecule has 1 heterocycles. The normalized spacial score (nSPS) is 18.4. The molecule has 0 aromatic heterocycles. The molecule has 226 valence electrons. The van der Waals surface area contributed by atoms with Crippen LogP contribution in [0.4, 0.5) is 0 Å². The van der Waals surface area contributed by atoms with Crippen LogP contribution in [0.3, 0.4) is 0 Å². The molecule has 5 heteroatoms. The lowest BCUT2D eigenvalue weighted by atomic mass is 10.0. The van der Waals surface area contributed by atoms with Gasteiger partial charge >= 0.3 is 0 Å². The lowest BCUT2D eigenvalue weighted by Crippen LogP contribution is -2.69. The van der Waals surface area contributed by atoms with Gasteiger partial charge < -0.3 is 14.2 Å². The van der Waals surface area contributed by atoms with Crippen LogP contribution in [0.15, 0.2) is 121 Å². The SMILES string of the molecule is CC(C)(C)[Si](OCC1CC(O[Si](c2ccccc2)(c2ccccc2)C(C)(C)C)CCN1)(c1ccccc1)c1ccccc1. The maximum Gasteiger partial charge on any atom is 0.261 e. The van der Waals surface area contributed by atoms with E-state index in [9.17, 15) is 0 Å². The monoisotopic (exact) mass is 607 g/mol. The van der Waals surface area contributed by atoms with E-state index in [1.54, 1.807) is 0 Å². The Balaban J connectivity index is 1.45. The van der Waals surface area contributed by atoms with Gasteiger partial charge in [-0.3, -0.25) is 0 Å². The van der Waals surface area contributed by atoms with Crippen molar-refractivity contribution in [2.75, 3.05) is 13.2 Å². The molecule has 1 N–H and O–H groups in total. The van der Waals surface area contributed by atoms with E-state index in [0.717, 1.165) is 19.4 Å². The molecule has 1 aliphatic heterocycles. The molecule has 1 aliphatic rings. The molecular formula is C38H49NO2Si2. The number of rotatable bonds is 9. The van der Waals surface area contributed by atoms with E-state index in [4.69, 9.17) is 8.85 Å². The first kappa shape index (κ1) is 31.6. The largest absolute Gasteiger partial charge is 0.406 e. The number of benzene rings is 4. The summed E-state index contributed by atoms with van der Waals surface area (Å²) in [5.41, 5.74) is 0. The highest BCUT2D eigenvalue weighted by atomic mass is 28.4.